The topological polar surface area (TPSA) is 86.7 Å². The molecule has 6 nitrogen and oxygen atoms in total. The second-order valence-electron chi connectivity index (χ2n) is 5.81. The number of carbonyl (C=O) groups is 3. The standard InChI is InChI=1S/C16H20N2O4/c1-10(2)14(16(21)22)17-15(20)11-8-13(19)18(9-11)12-6-4-3-5-7-12/h3-7,10-11,14H,8-9H2,1-2H3,(H,17,20)(H,21,22)/t11?,14-/m1/s1. The Hall–Kier alpha value is -2.37. The van der Waals surface area contributed by atoms with Crippen LogP contribution in [0.4, 0.5) is 5.69 Å². The molecule has 1 aliphatic rings. The molecule has 0 saturated carbocycles. The van der Waals surface area contributed by atoms with Gasteiger partial charge >= 0.3 is 5.97 Å². The molecule has 0 bridgehead atoms. The molecule has 0 aromatic heterocycles. The Kier molecular flexibility index (Phi) is 4.80. The van der Waals surface area contributed by atoms with Gasteiger partial charge in [0.1, 0.15) is 6.04 Å². The van der Waals surface area contributed by atoms with Gasteiger partial charge in [0, 0.05) is 18.7 Å². The van der Waals surface area contributed by atoms with Crippen molar-refractivity contribution in [1.29, 1.82) is 0 Å². The van der Waals surface area contributed by atoms with Crippen LogP contribution in [0.2, 0.25) is 0 Å². The number of amides is 2. The molecule has 6 heteroatoms. The Balaban J connectivity index is 2.04. The Bertz CT molecular complexity index is 571. The molecular formula is C16H20N2O4. The summed E-state index contributed by atoms with van der Waals surface area (Å²) in [5.74, 6) is -2.31. The summed E-state index contributed by atoms with van der Waals surface area (Å²) >= 11 is 0. The molecule has 1 fully saturated rings. The van der Waals surface area contributed by atoms with E-state index in [9.17, 15) is 14.4 Å². The first-order valence-corrected chi connectivity index (χ1v) is 7.28. The van der Waals surface area contributed by atoms with Crippen molar-refractivity contribution < 1.29 is 19.5 Å². The van der Waals surface area contributed by atoms with Crippen LogP contribution < -0.4 is 10.2 Å². The highest BCUT2D eigenvalue weighted by atomic mass is 16.4. The summed E-state index contributed by atoms with van der Waals surface area (Å²) in [6.45, 7) is 3.74. The van der Waals surface area contributed by atoms with Crippen LogP contribution in [0, 0.1) is 11.8 Å². The molecule has 0 spiro atoms. The van der Waals surface area contributed by atoms with Gasteiger partial charge < -0.3 is 15.3 Å². The molecule has 0 aliphatic carbocycles. The minimum absolute atomic E-state index is 0.102. The lowest BCUT2D eigenvalue weighted by Crippen LogP contribution is -2.47. The van der Waals surface area contributed by atoms with Gasteiger partial charge in [-0.15, -0.1) is 0 Å². The lowest BCUT2D eigenvalue weighted by atomic mass is 10.0. The molecule has 118 valence electrons. The fraction of sp³-hybridized carbons (Fsp3) is 0.438. The molecule has 1 heterocycles. The predicted octanol–water partition coefficient (Wildman–Crippen LogP) is 1.26. The van der Waals surface area contributed by atoms with Gasteiger partial charge in [0.05, 0.1) is 5.92 Å². The van der Waals surface area contributed by atoms with Crippen LogP contribution in [0.3, 0.4) is 0 Å². The number of benzene rings is 1. The number of hydrogen-bond donors (Lipinski definition) is 2. The number of carboxylic acid groups (broad SMARTS) is 1. The zero-order chi connectivity index (χ0) is 16.3. The number of anilines is 1. The van der Waals surface area contributed by atoms with E-state index in [1.807, 2.05) is 30.3 Å². The van der Waals surface area contributed by atoms with Crippen LogP contribution >= 0.6 is 0 Å². The van der Waals surface area contributed by atoms with Gasteiger partial charge in [-0.3, -0.25) is 9.59 Å². The molecule has 1 unspecified atom stereocenters. The Morgan fingerprint density at radius 3 is 2.45 bits per heavy atom. The molecule has 1 aromatic rings. The summed E-state index contributed by atoms with van der Waals surface area (Å²) in [6, 6.07) is 8.20. The number of carbonyl (C=O) groups excluding carboxylic acids is 2. The fourth-order valence-electron chi connectivity index (χ4n) is 2.53. The van der Waals surface area contributed by atoms with E-state index in [-0.39, 0.29) is 30.7 Å². The average molecular weight is 304 g/mol. The molecule has 2 rings (SSSR count). The van der Waals surface area contributed by atoms with Crippen LogP contribution in [0.15, 0.2) is 30.3 Å². The highest BCUT2D eigenvalue weighted by molar-refractivity contribution is 6.00. The van der Waals surface area contributed by atoms with Gasteiger partial charge in [0.25, 0.3) is 0 Å². The highest BCUT2D eigenvalue weighted by Crippen LogP contribution is 2.25. The second kappa shape index (κ2) is 6.60. The summed E-state index contributed by atoms with van der Waals surface area (Å²) in [7, 11) is 0. The number of rotatable bonds is 5. The predicted molar refractivity (Wildman–Crippen MR) is 81.3 cm³/mol. The lowest BCUT2D eigenvalue weighted by molar-refractivity contribution is -0.143. The van der Waals surface area contributed by atoms with Crippen LogP contribution in [-0.2, 0) is 14.4 Å². The quantitative estimate of drug-likeness (QED) is 0.857. The van der Waals surface area contributed by atoms with Gasteiger partial charge in [-0.05, 0) is 18.1 Å². The largest absolute Gasteiger partial charge is 0.480 e. The van der Waals surface area contributed by atoms with Gasteiger partial charge in [-0.2, -0.15) is 0 Å². The van der Waals surface area contributed by atoms with Gasteiger partial charge in [-0.1, -0.05) is 32.0 Å². The molecular weight excluding hydrogens is 284 g/mol. The second-order valence-corrected chi connectivity index (χ2v) is 5.81. The summed E-state index contributed by atoms with van der Waals surface area (Å²) in [5, 5.41) is 11.7. The maximum absolute atomic E-state index is 12.2. The first-order chi connectivity index (χ1) is 10.4. The van der Waals surface area contributed by atoms with Crippen molar-refractivity contribution in [2.24, 2.45) is 11.8 Å². The Morgan fingerprint density at radius 2 is 1.91 bits per heavy atom. The maximum atomic E-state index is 12.2. The third-order valence-corrected chi connectivity index (χ3v) is 3.79. The molecule has 1 aromatic carbocycles. The van der Waals surface area contributed by atoms with Crippen molar-refractivity contribution >= 4 is 23.5 Å². The van der Waals surface area contributed by atoms with Crippen LogP contribution in [0.5, 0.6) is 0 Å². The van der Waals surface area contributed by atoms with E-state index in [1.54, 1.807) is 18.7 Å². The first kappa shape index (κ1) is 16.0. The zero-order valence-corrected chi connectivity index (χ0v) is 12.7. The lowest BCUT2D eigenvalue weighted by Gasteiger charge is -2.20. The van der Waals surface area contributed by atoms with Crippen LogP contribution in [0.25, 0.3) is 0 Å². The van der Waals surface area contributed by atoms with Crippen LogP contribution in [0.1, 0.15) is 20.3 Å². The van der Waals surface area contributed by atoms with Crippen molar-refractivity contribution in [3.63, 3.8) is 0 Å². The van der Waals surface area contributed by atoms with E-state index in [0.29, 0.717) is 0 Å². The van der Waals surface area contributed by atoms with Gasteiger partial charge in [0.15, 0.2) is 0 Å². The van der Waals surface area contributed by atoms with Crippen molar-refractivity contribution in [2.45, 2.75) is 26.3 Å². The Labute approximate surface area is 129 Å². The van der Waals surface area contributed by atoms with Crippen molar-refractivity contribution in [3.8, 4) is 0 Å². The molecule has 2 amide bonds. The molecule has 2 N–H and O–H groups in total. The highest BCUT2D eigenvalue weighted by Gasteiger charge is 2.36. The van der Waals surface area contributed by atoms with E-state index < -0.39 is 17.9 Å². The SMILES string of the molecule is CC(C)[C@@H](NC(=O)C1CC(=O)N(c2ccccc2)C1)C(=O)O. The smallest absolute Gasteiger partial charge is 0.326 e. The number of aliphatic carboxylic acids is 1. The number of nitrogens with zero attached hydrogens (tertiary/aromatic N) is 1. The van der Waals surface area contributed by atoms with E-state index >= 15 is 0 Å². The molecule has 1 aliphatic heterocycles. The summed E-state index contributed by atoms with van der Waals surface area (Å²) in [6.07, 6.45) is 0.102. The number of carboxylic acids is 1. The minimum Gasteiger partial charge on any atom is -0.480 e. The maximum Gasteiger partial charge on any atom is 0.326 e. The molecule has 0 radical (unpaired) electrons. The van der Waals surface area contributed by atoms with Gasteiger partial charge in [0.2, 0.25) is 11.8 Å². The third-order valence-electron chi connectivity index (χ3n) is 3.79. The summed E-state index contributed by atoms with van der Waals surface area (Å²) in [4.78, 5) is 37.0. The molecule has 2 atom stereocenters. The summed E-state index contributed by atoms with van der Waals surface area (Å²) in [5.41, 5.74) is 0.751. The van der Waals surface area contributed by atoms with E-state index in [4.69, 9.17) is 5.11 Å². The van der Waals surface area contributed by atoms with Gasteiger partial charge in [-0.25, -0.2) is 4.79 Å². The Morgan fingerprint density at radius 1 is 1.27 bits per heavy atom. The van der Waals surface area contributed by atoms with Crippen LogP contribution in [-0.4, -0.2) is 35.5 Å². The normalized spacial score (nSPS) is 19.3. The van der Waals surface area contributed by atoms with Crippen molar-refractivity contribution in [2.75, 3.05) is 11.4 Å². The number of hydrogen-bond acceptors (Lipinski definition) is 3. The van der Waals surface area contributed by atoms with E-state index in [1.165, 1.54) is 0 Å². The molecule has 22 heavy (non-hydrogen) atoms. The number of nitrogens with one attached hydrogen (secondary N) is 1. The first-order valence-electron chi connectivity index (χ1n) is 7.28. The minimum atomic E-state index is -1.06. The van der Waals surface area contributed by atoms with E-state index in [0.717, 1.165) is 5.69 Å². The van der Waals surface area contributed by atoms with E-state index in [2.05, 4.69) is 5.32 Å². The average Bonchev–Trinajstić information content (AvgIpc) is 2.87. The zero-order valence-electron chi connectivity index (χ0n) is 12.7. The fourth-order valence-corrected chi connectivity index (χ4v) is 2.53. The third kappa shape index (κ3) is 3.44. The summed E-state index contributed by atoms with van der Waals surface area (Å²) < 4.78 is 0. The molecule has 1 saturated heterocycles. The number of para-hydroxylation sites is 1. The van der Waals surface area contributed by atoms with Crippen molar-refractivity contribution in [3.05, 3.63) is 30.3 Å². The van der Waals surface area contributed by atoms with Crippen molar-refractivity contribution in [1.82, 2.24) is 5.32 Å². The monoisotopic (exact) mass is 304 g/mol.